The van der Waals surface area contributed by atoms with Crippen LogP contribution >= 0.6 is 22.9 Å². The average Bonchev–Trinajstić information content (AvgIpc) is 2.73. The van der Waals surface area contributed by atoms with Crippen LogP contribution in [0.5, 0.6) is 0 Å². The number of rotatable bonds is 4. The molecule has 0 aliphatic rings. The normalized spacial score (nSPS) is 10.3. The maximum Gasteiger partial charge on any atom is 0.337 e. The standard InChI is InChI=1S/C11H10ClN3O2S/c1-6-14-4-7(18-6)5-15-10-9(12)8(11(16)17)2-3-13-10/h2-4H,5H2,1H3,(H,13,15)(H,16,17). The SMILES string of the molecule is Cc1ncc(CNc2nccc(C(=O)O)c2Cl)s1. The molecule has 2 rings (SSSR count). The summed E-state index contributed by atoms with van der Waals surface area (Å²) >= 11 is 7.52. The third-order valence-electron chi connectivity index (χ3n) is 2.22. The van der Waals surface area contributed by atoms with Gasteiger partial charge in [-0.15, -0.1) is 11.3 Å². The van der Waals surface area contributed by atoms with Gasteiger partial charge in [0.2, 0.25) is 0 Å². The molecular weight excluding hydrogens is 274 g/mol. The van der Waals surface area contributed by atoms with Crippen LogP contribution in [0.1, 0.15) is 20.2 Å². The minimum atomic E-state index is -1.07. The van der Waals surface area contributed by atoms with E-state index in [0.29, 0.717) is 12.4 Å². The zero-order valence-electron chi connectivity index (χ0n) is 9.48. The summed E-state index contributed by atoms with van der Waals surface area (Å²) < 4.78 is 0. The third-order valence-corrected chi connectivity index (χ3v) is 3.51. The molecule has 0 unspecified atom stereocenters. The molecule has 0 atom stereocenters. The van der Waals surface area contributed by atoms with Gasteiger partial charge in [-0.3, -0.25) is 0 Å². The van der Waals surface area contributed by atoms with Gasteiger partial charge in [0.15, 0.2) is 0 Å². The van der Waals surface area contributed by atoms with Crippen LogP contribution in [0.15, 0.2) is 18.5 Å². The van der Waals surface area contributed by atoms with Crippen LogP contribution in [-0.2, 0) is 6.54 Å². The molecule has 0 amide bonds. The van der Waals surface area contributed by atoms with E-state index in [1.807, 2.05) is 6.92 Å². The van der Waals surface area contributed by atoms with Gasteiger partial charge in [-0.05, 0) is 13.0 Å². The number of aromatic carboxylic acids is 1. The van der Waals surface area contributed by atoms with Crippen LogP contribution in [-0.4, -0.2) is 21.0 Å². The number of carboxylic acids is 1. The lowest BCUT2D eigenvalue weighted by Gasteiger charge is -2.07. The minimum absolute atomic E-state index is 0.0367. The van der Waals surface area contributed by atoms with Crippen LogP contribution in [0.25, 0.3) is 0 Å². The first-order chi connectivity index (χ1) is 8.58. The second kappa shape index (κ2) is 5.32. The molecule has 0 bridgehead atoms. The number of carboxylic acid groups (broad SMARTS) is 1. The van der Waals surface area contributed by atoms with E-state index in [-0.39, 0.29) is 10.6 Å². The molecule has 0 saturated carbocycles. The number of thiazole rings is 1. The van der Waals surface area contributed by atoms with Crippen molar-refractivity contribution >= 4 is 34.7 Å². The Labute approximate surface area is 112 Å². The van der Waals surface area contributed by atoms with Crippen molar-refractivity contribution < 1.29 is 9.90 Å². The molecule has 2 heterocycles. The van der Waals surface area contributed by atoms with E-state index >= 15 is 0 Å². The summed E-state index contributed by atoms with van der Waals surface area (Å²) in [5, 5.41) is 13.0. The topological polar surface area (TPSA) is 75.1 Å². The van der Waals surface area contributed by atoms with Gasteiger partial charge >= 0.3 is 5.97 Å². The molecule has 0 spiro atoms. The molecule has 0 aromatic carbocycles. The summed E-state index contributed by atoms with van der Waals surface area (Å²) in [6.07, 6.45) is 3.18. The predicted octanol–water partition coefficient (Wildman–Crippen LogP) is 2.81. The van der Waals surface area contributed by atoms with Crippen molar-refractivity contribution in [2.24, 2.45) is 0 Å². The molecule has 2 aromatic rings. The maximum atomic E-state index is 10.9. The van der Waals surface area contributed by atoms with E-state index in [2.05, 4.69) is 15.3 Å². The first-order valence-corrected chi connectivity index (χ1v) is 6.30. The van der Waals surface area contributed by atoms with E-state index in [0.717, 1.165) is 9.88 Å². The first kappa shape index (κ1) is 12.8. The van der Waals surface area contributed by atoms with Crippen LogP contribution in [0.2, 0.25) is 5.02 Å². The van der Waals surface area contributed by atoms with Crippen LogP contribution in [0.3, 0.4) is 0 Å². The monoisotopic (exact) mass is 283 g/mol. The molecule has 2 aromatic heterocycles. The highest BCUT2D eigenvalue weighted by Crippen LogP contribution is 2.24. The Morgan fingerprint density at radius 3 is 2.94 bits per heavy atom. The van der Waals surface area contributed by atoms with Crippen molar-refractivity contribution in [2.45, 2.75) is 13.5 Å². The summed E-state index contributed by atoms with van der Waals surface area (Å²) in [5.41, 5.74) is 0.0367. The number of carbonyl (C=O) groups is 1. The van der Waals surface area contributed by atoms with Gasteiger partial charge in [-0.2, -0.15) is 0 Å². The van der Waals surface area contributed by atoms with Crippen molar-refractivity contribution in [1.82, 2.24) is 9.97 Å². The molecule has 5 nitrogen and oxygen atoms in total. The lowest BCUT2D eigenvalue weighted by Crippen LogP contribution is -2.05. The molecule has 0 saturated heterocycles. The van der Waals surface area contributed by atoms with Crippen molar-refractivity contribution in [3.8, 4) is 0 Å². The number of aromatic nitrogens is 2. The van der Waals surface area contributed by atoms with Gasteiger partial charge in [0, 0.05) is 17.3 Å². The van der Waals surface area contributed by atoms with Gasteiger partial charge in [0.25, 0.3) is 0 Å². The van der Waals surface area contributed by atoms with Gasteiger partial charge in [-0.1, -0.05) is 11.6 Å². The number of anilines is 1. The van der Waals surface area contributed by atoms with Crippen molar-refractivity contribution in [3.05, 3.63) is 38.9 Å². The van der Waals surface area contributed by atoms with E-state index in [1.54, 1.807) is 17.5 Å². The smallest absolute Gasteiger partial charge is 0.337 e. The van der Waals surface area contributed by atoms with Crippen molar-refractivity contribution in [2.75, 3.05) is 5.32 Å². The quantitative estimate of drug-likeness (QED) is 0.902. The molecule has 0 radical (unpaired) electrons. The third kappa shape index (κ3) is 2.77. The molecule has 7 heteroatoms. The Morgan fingerprint density at radius 2 is 2.33 bits per heavy atom. The molecule has 0 aliphatic heterocycles. The van der Waals surface area contributed by atoms with Gasteiger partial charge in [-0.25, -0.2) is 14.8 Å². The Balaban J connectivity index is 2.14. The fourth-order valence-corrected chi connectivity index (χ4v) is 2.38. The Hall–Kier alpha value is -1.66. The van der Waals surface area contributed by atoms with Crippen molar-refractivity contribution in [1.29, 1.82) is 0 Å². The highest BCUT2D eigenvalue weighted by molar-refractivity contribution is 7.11. The van der Waals surface area contributed by atoms with Crippen LogP contribution in [0.4, 0.5) is 5.82 Å². The Morgan fingerprint density at radius 1 is 1.56 bits per heavy atom. The first-order valence-electron chi connectivity index (χ1n) is 5.11. The van der Waals surface area contributed by atoms with Gasteiger partial charge in [0.05, 0.1) is 22.1 Å². The summed E-state index contributed by atoms with van der Waals surface area (Å²) in [6, 6.07) is 1.37. The van der Waals surface area contributed by atoms with E-state index in [9.17, 15) is 4.79 Å². The summed E-state index contributed by atoms with van der Waals surface area (Å²) in [5.74, 6) is -0.707. The van der Waals surface area contributed by atoms with E-state index < -0.39 is 5.97 Å². The minimum Gasteiger partial charge on any atom is -0.478 e. The fraction of sp³-hybridized carbons (Fsp3) is 0.182. The van der Waals surface area contributed by atoms with Crippen molar-refractivity contribution in [3.63, 3.8) is 0 Å². The number of nitrogens with one attached hydrogen (secondary N) is 1. The lowest BCUT2D eigenvalue weighted by molar-refractivity contribution is 0.0697. The lowest BCUT2D eigenvalue weighted by atomic mass is 10.2. The summed E-state index contributed by atoms with van der Waals surface area (Å²) in [7, 11) is 0. The predicted molar refractivity (Wildman–Crippen MR) is 70.4 cm³/mol. The fourth-order valence-electron chi connectivity index (χ4n) is 1.39. The number of pyridine rings is 1. The second-order valence-electron chi connectivity index (χ2n) is 3.53. The maximum absolute atomic E-state index is 10.9. The highest BCUT2D eigenvalue weighted by Gasteiger charge is 2.13. The largest absolute Gasteiger partial charge is 0.478 e. The zero-order valence-corrected chi connectivity index (χ0v) is 11.0. The second-order valence-corrected chi connectivity index (χ2v) is 5.22. The molecule has 94 valence electrons. The number of hydrogen-bond donors (Lipinski definition) is 2. The van der Waals surface area contributed by atoms with E-state index in [1.165, 1.54) is 12.3 Å². The van der Waals surface area contributed by atoms with E-state index in [4.69, 9.17) is 16.7 Å². The van der Waals surface area contributed by atoms with Gasteiger partial charge < -0.3 is 10.4 Å². The summed E-state index contributed by atoms with van der Waals surface area (Å²) in [4.78, 5) is 20.1. The van der Waals surface area contributed by atoms with Crippen LogP contribution in [0, 0.1) is 6.92 Å². The number of aryl methyl sites for hydroxylation is 1. The van der Waals surface area contributed by atoms with Crippen LogP contribution < -0.4 is 5.32 Å². The summed E-state index contributed by atoms with van der Waals surface area (Å²) in [6.45, 7) is 2.44. The number of halogens is 1. The van der Waals surface area contributed by atoms with Gasteiger partial charge in [0.1, 0.15) is 5.82 Å². The average molecular weight is 284 g/mol. The molecule has 18 heavy (non-hydrogen) atoms. The highest BCUT2D eigenvalue weighted by atomic mass is 35.5. The molecule has 0 fully saturated rings. The molecule has 2 N–H and O–H groups in total. The Kier molecular flexibility index (Phi) is 3.78. The number of hydrogen-bond acceptors (Lipinski definition) is 5. The molecule has 0 aliphatic carbocycles. The zero-order chi connectivity index (χ0) is 13.1. The molecular formula is C11H10ClN3O2S. The Bertz CT molecular complexity index is 585. The number of nitrogens with zero attached hydrogens (tertiary/aromatic N) is 2.